The van der Waals surface area contributed by atoms with Crippen LogP contribution in [-0.2, 0) is 4.74 Å². The second-order valence-corrected chi connectivity index (χ2v) is 5.16. The van der Waals surface area contributed by atoms with Crippen molar-refractivity contribution in [3.05, 3.63) is 29.8 Å². The third-order valence-electron chi connectivity index (χ3n) is 3.57. The number of aromatic carboxylic acids is 1. The molecule has 21 heavy (non-hydrogen) atoms. The topological polar surface area (TPSA) is 79.2 Å². The van der Waals surface area contributed by atoms with Gasteiger partial charge >= 0.3 is 5.97 Å². The highest BCUT2D eigenvalue weighted by Crippen LogP contribution is 2.15. The van der Waals surface area contributed by atoms with Crippen LogP contribution in [0.25, 0.3) is 0 Å². The lowest BCUT2D eigenvalue weighted by Crippen LogP contribution is -2.50. The van der Waals surface area contributed by atoms with E-state index in [1.165, 1.54) is 12.1 Å². The fourth-order valence-corrected chi connectivity index (χ4v) is 2.30. The van der Waals surface area contributed by atoms with Crippen LogP contribution in [0.15, 0.2) is 24.3 Å². The summed E-state index contributed by atoms with van der Waals surface area (Å²) in [5, 5.41) is 18.1. The lowest BCUT2D eigenvalue weighted by Gasteiger charge is -2.37. The van der Waals surface area contributed by atoms with Gasteiger partial charge < -0.3 is 19.7 Å². The average molecular weight is 295 g/mol. The Bertz CT molecular complexity index is 479. The normalized spacial score (nSPS) is 23.0. The maximum atomic E-state index is 10.9. The average Bonchev–Trinajstić information content (AvgIpc) is 2.49. The van der Waals surface area contributed by atoms with Gasteiger partial charge in [-0.25, -0.2) is 4.79 Å². The van der Waals surface area contributed by atoms with Gasteiger partial charge in [-0.1, -0.05) is 6.07 Å². The zero-order valence-electron chi connectivity index (χ0n) is 12.1. The fraction of sp³-hybridized carbons (Fsp3) is 0.533. The van der Waals surface area contributed by atoms with E-state index in [2.05, 4.69) is 11.8 Å². The van der Waals surface area contributed by atoms with Crippen molar-refractivity contribution < 1.29 is 24.5 Å². The van der Waals surface area contributed by atoms with Gasteiger partial charge in [0.1, 0.15) is 12.4 Å². The molecule has 1 aromatic carbocycles. The molecule has 2 N–H and O–H groups in total. The van der Waals surface area contributed by atoms with E-state index in [0.717, 1.165) is 0 Å². The van der Waals surface area contributed by atoms with Crippen molar-refractivity contribution in [3.8, 4) is 5.75 Å². The summed E-state index contributed by atoms with van der Waals surface area (Å²) in [5.74, 6) is -0.414. The molecule has 0 aliphatic carbocycles. The molecule has 116 valence electrons. The number of hydrogen-bond donors (Lipinski definition) is 2. The van der Waals surface area contributed by atoms with Gasteiger partial charge in [-0.3, -0.25) is 4.90 Å². The first-order valence-corrected chi connectivity index (χ1v) is 7.03. The van der Waals surface area contributed by atoms with Gasteiger partial charge in [0.25, 0.3) is 0 Å². The van der Waals surface area contributed by atoms with Crippen LogP contribution in [0.2, 0.25) is 0 Å². The molecule has 6 nitrogen and oxygen atoms in total. The molecule has 1 aliphatic rings. The third kappa shape index (κ3) is 4.42. The number of rotatable bonds is 6. The van der Waals surface area contributed by atoms with Crippen molar-refractivity contribution in [3.63, 3.8) is 0 Å². The Labute approximate surface area is 123 Å². The molecule has 0 spiro atoms. The summed E-state index contributed by atoms with van der Waals surface area (Å²) in [6.07, 6.45) is -0.142. The van der Waals surface area contributed by atoms with Gasteiger partial charge in [-0.2, -0.15) is 0 Å². The third-order valence-corrected chi connectivity index (χ3v) is 3.57. The first kappa shape index (κ1) is 15.8. The number of aliphatic hydroxyl groups excluding tert-OH is 1. The smallest absolute Gasteiger partial charge is 0.335 e. The van der Waals surface area contributed by atoms with Gasteiger partial charge in [0, 0.05) is 19.1 Å². The SMILES string of the molecule is CC1COC(CO)CN1CCOc1cccc(C(=O)O)c1. The quantitative estimate of drug-likeness (QED) is 0.810. The number of benzene rings is 1. The van der Waals surface area contributed by atoms with Crippen molar-refractivity contribution in [2.24, 2.45) is 0 Å². The Morgan fingerprint density at radius 1 is 1.52 bits per heavy atom. The Morgan fingerprint density at radius 2 is 2.33 bits per heavy atom. The van der Waals surface area contributed by atoms with Gasteiger partial charge in [-0.05, 0) is 25.1 Å². The summed E-state index contributed by atoms with van der Waals surface area (Å²) >= 11 is 0. The largest absolute Gasteiger partial charge is 0.492 e. The van der Waals surface area contributed by atoms with Crippen LogP contribution in [-0.4, -0.2) is 66.1 Å². The molecule has 0 saturated carbocycles. The highest BCUT2D eigenvalue weighted by Gasteiger charge is 2.25. The predicted molar refractivity (Wildman–Crippen MR) is 76.8 cm³/mol. The minimum Gasteiger partial charge on any atom is -0.492 e. The van der Waals surface area contributed by atoms with Crippen molar-refractivity contribution in [1.29, 1.82) is 0 Å². The van der Waals surface area contributed by atoms with Crippen molar-refractivity contribution in [2.45, 2.75) is 19.1 Å². The van der Waals surface area contributed by atoms with Crippen LogP contribution in [0.1, 0.15) is 17.3 Å². The summed E-state index contributed by atoms with van der Waals surface area (Å²) in [6.45, 7) is 4.53. The van der Waals surface area contributed by atoms with Crippen LogP contribution in [0.3, 0.4) is 0 Å². The monoisotopic (exact) mass is 295 g/mol. The summed E-state index contributed by atoms with van der Waals surface area (Å²) < 4.78 is 11.1. The molecule has 1 fully saturated rings. The number of hydrogen-bond acceptors (Lipinski definition) is 5. The van der Waals surface area contributed by atoms with Gasteiger partial charge in [0.05, 0.1) is 24.9 Å². The highest BCUT2D eigenvalue weighted by atomic mass is 16.5. The van der Waals surface area contributed by atoms with Crippen molar-refractivity contribution in [2.75, 3.05) is 32.9 Å². The number of aliphatic hydroxyl groups is 1. The molecule has 0 aromatic heterocycles. The molecule has 2 atom stereocenters. The number of ether oxygens (including phenoxy) is 2. The summed E-state index contributed by atoms with van der Waals surface area (Å²) in [5.41, 5.74) is 0.215. The fourth-order valence-electron chi connectivity index (χ4n) is 2.30. The van der Waals surface area contributed by atoms with Crippen LogP contribution in [0.5, 0.6) is 5.75 Å². The first-order chi connectivity index (χ1) is 10.1. The Balaban J connectivity index is 1.83. The molecule has 2 unspecified atom stereocenters. The Kier molecular flexibility index (Phi) is 5.55. The van der Waals surface area contributed by atoms with E-state index in [4.69, 9.17) is 19.7 Å². The molecule has 0 bridgehead atoms. The minimum absolute atomic E-state index is 0.0186. The van der Waals surface area contributed by atoms with Crippen LogP contribution < -0.4 is 4.74 Å². The van der Waals surface area contributed by atoms with E-state index in [9.17, 15) is 4.79 Å². The van der Waals surface area contributed by atoms with Gasteiger partial charge in [-0.15, -0.1) is 0 Å². The maximum absolute atomic E-state index is 10.9. The first-order valence-electron chi connectivity index (χ1n) is 7.03. The number of carbonyl (C=O) groups is 1. The number of carboxylic acid groups (broad SMARTS) is 1. The molecule has 0 amide bonds. The van der Waals surface area contributed by atoms with Crippen LogP contribution >= 0.6 is 0 Å². The molecule has 1 aliphatic heterocycles. The molecular formula is C15H21NO5. The van der Waals surface area contributed by atoms with Crippen molar-refractivity contribution in [1.82, 2.24) is 4.90 Å². The number of carboxylic acids is 1. The standard InChI is InChI=1S/C15H21NO5/c1-11-10-21-14(9-17)8-16(11)5-6-20-13-4-2-3-12(7-13)15(18)19/h2-4,7,11,14,17H,5-6,8-10H2,1H3,(H,18,19). The van der Waals surface area contributed by atoms with E-state index >= 15 is 0 Å². The highest BCUT2D eigenvalue weighted by molar-refractivity contribution is 5.87. The molecule has 1 saturated heterocycles. The lowest BCUT2D eigenvalue weighted by atomic mass is 10.2. The Morgan fingerprint density at radius 3 is 3.05 bits per heavy atom. The summed E-state index contributed by atoms with van der Waals surface area (Å²) in [6, 6.07) is 6.73. The lowest BCUT2D eigenvalue weighted by molar-refractivity contribution is -0.0798. The van der Waals surface area contributed by atoms with E-state index in [0.29, 0.717) is 32.1 Å². The summed E-state index contributed by atoms with van der Waals surface area (Å²) in [4.78, 5) is 13.1. The van der Waals surface area contributed by atoms with Crippen LogP contribution in [0, 0.1) is 0 Å². The second-order valence-electron chi connectivity index (χ2n) is 5.16. The van der Waals surface area contributed by atoms with Gasteiger partial charge in [0.15, 0.2) is 0 Å². The minimum atomic E-state index is -0.965. The van der Waals surface area contributed by atoms with Crippen molar-refractivity contribution >= 4 is 5.97 Å². The predicted octanol–water partition coefficient (Wildman–Crippen LogP) is 0.845. The Hall–Kier alpha value is -1.63. The molecule has 2 rings (SSSR count). The van der Waals surface area contributed by atoms with Crippen LogP contribution in [0.4, 0.5) is 0 Å². The number of morpholine rings is 1. The summed E-state index contributed by atoms with van der Waals surface area (Å²) in [7, 11) is 0. The number of nitrogens with zero attached hydrogens (tertiary/aromatic N) is 1. The van der Waals surface area contributed by atoms with E-state index in [1.54, 1.807) is 12.1 Å². The molecule has 1 heterocycles. The second kappa shape index (κ2) is 7.40. The maximum Gasteiger partial charge on any atom is 0.335 e. The molecule has 0 radical (unpaired) electrons. The van der Waals surface area contributed by atoms with E-state index in [-0.39, 0.29) is 24.3 Å². The van der Waals surface area contributed by atoms with E-state index in [1.807, 2.05) is 0 Å². The molecule has 1 aromatic rings. The molecular weight excluding hydrogens is 274 g/mol. The van der Waals surface area contributed by atoms with E-state index < -0.39 is 5.97 Å². The van der Waals surface area contributed by atoms with Gasteiger partial charge in [0.2, 0.25) is 0 Å². The zero-order chi connectivity index (χ0) is 15.2. The zero-order valence-corrected chi connectivity index (χ0v) is 12.1. The molecule has 6 heteroatoms.